The number of hydrogen-bond donors (Lipinski definition) is 1. The largest absolute Gasteiger partial charge is 0.377 e. The van der Waals surface area contributed by atoms with E-state index in [1.54, 1.807) is 6.20 Å². The van der Waals surface area contributed by atoms with E-state index in [4.69, 9.17) is 0 Å². The maximum Gasteiger partial charge on any atom is 0.149 e. The van der Waals surface area contributed by atoms with Crippen LogP contribution in [0.15, 0.2) is 48.0 Å². The van der Waals surface area contributed by atoms with Gasteiger partial charge in [0.1, 0.15) is 16.6 Å². The molecule has 2 heterocycles. The summed E-state index contributed by atoms with van der Waals surface area (Å²) >= 11 is 1.48. The zero-order valence-electron chi connectivity index (χ0n) is 10.9. The first-order valence-electron chi connectivity index (χ1n) is 6.27. The maximum atomic E-state index is 13.5. The standard InChI is InChI=1S/C15H11F2N3S/c16-10-4-5-13(12(17)7-10)19-8-11-9-21-15(20-11)14-3-1-2-6-18-14/h1-7,9,19H,8H2. The molecule has 0 radical (unpaired) electrons. The Morgan fingerprint density at radius 3 is 2.81 bits per heavy atom. The minimum atomic E-state index is -0.616. The number of rotatable bonds is 4. The summed E-state index contributed by atoms with van der Waals surface area (Å²) < 4.78 is 26.3. The van der Waals surface area contributed by atoms with E-state index in [-0.39, 0.29) is 5.69 Å². The summed E-state index contributed by atoms with van der Waals surface area (Å²) in [5.74, 6) is -1.21. The Hall–Kier alpha value is -2.34. The average Bonchev–Trinajstić information content (AvgIpc) is 2.96. The van der Waals surface area contributed by atoms with Crippen molar-refractivity contribution in [2.75, 3.05) is 5.32 Å². The van der Waals surface area contributed by atoms with E-state index in [0.29, 0.717) is 6.54 Å². The van der Waals surface area contributed by atoms with Crippen LogP contribution in [0.3, 0.4) is 0 Å². The Morgan fingerprint density at radius 1 is 1.14 bits per heavy atom. The minimum absolute atomic E-state index is 0.254. The molecule has 1 N–H and O–H groups in total. The van der Waals surface area contributed by atoms with Gasteiger partial charge in [0.05, 0.1) is 23.6 Å². The molecule has 6 heteroatoms. The van der Waals surface area contributed by atoms with E-state index in [2.05, 4.69) is 15.3 Å². The van der Waals surface area contributed by atoms with Gasteiger partial charge in [-0.3, -0.25) is 4.98 Å². The lowest BCUT2D eigenvalue weighted by molar-refractivity contribution is 0.585. The van der Waals surface area contributed by atoms with Crippen molar-refractivity contribution in [3.8, 4) is 10.7 Å². The number of aromatic nitrogens is 2. The van der Waals surface area contributed by atoms with E-state index in [0.717, 1.165) is 22.5 Å². The molecule has 1 aromatic carbocycles. The molecule has 0 fully saturated rings. The van der Waals surface area contributed by atoms with Gasteiger partial charge in [0, 0.05) is 17.6 Å². The Balaban J connectivity index is 1.70. The topological polar surface area (TPSA) is 37.8 Å². The summed E-state index contributed by atoms with van der Waals surface area (Å²) in [7, 11) is 0. The highest BCUT2D eigenvalue weighted by Crippen LogP contribution is 2.22. The molecule has 106 valence electrons. The van der Waals surface area contributed by atoms with Crippen LogP contribution in [-0.2, 0) is 6.54 Å². The molecule has 0 spiro atoms. The normalized spacial score (nSPS) is 10.6. The van der Waals surface area contributed by atoms with Crippen LogP contribution in [0.2, 0.25) is 0 Å². The molecule has 0 aliphatic rings. The molecule has 0 saturated carbocycles. The van der Waals surface area contributed by atoms with Gasteiger partial charge in [-0.2, -0.15) is 0 Å². The second-order valence-electron chi connectivity index (χ2n) is 4.34. The van der Waals surface area contributed by atoms with Crippen LogP contribution in [0.4, 0.5) is 14.5 Å². The number of pyridine rings is 1. The predicted octanol–water partition coefficient (Wildman–Crippen LogP) is 4.10. The molecule has 0 bridgehead atoms. The van der Waals surface area contributed by atoms with Crippen LogP contribution in [0.25, 0.3) is 10.7 Å². The van der Waals surface area contributed by atoms with Gasteiger partial charge in [0.25, 0.3) is 0 Å². The molecule has 3 nitrogen and oxygen atoms in total. The molecule has 0 aliphatic carbocycles. The third-order valence-corrected chi connectivity index (χ3v) is 3.74. The summed E-state index contributed by atoms with van der Waals surface area (Å²) in [4.78, 5) is 8.67. The van der Waals surface area contributed by atoms with Gasteiger partial charge in [-0.05, 0) is 24.3 Å². The van der Waals surface area contributed by atoms with E-state index < -0.39 is 11.6 Å². The highest BCUT2D eigenvalue weighted by molar-refractivity contribution is 7.13. The number of hydrogen-bond acceptors (Lipinski definition) is 4. The molecule has 0 unspecified atom stereocenters. The number of halogens is 2. The van der Waals surface area contributed by atoms with Crippen LogP contribution < -0.4 is 5.32 Å². The van der Waals surface area contributed by atoms with Crippen LogP contribution in [0.1, 0.15) is 5.69 Å². The Kier molecular flexibility index (Phi) is 3.87. The summed E-state index contributed by atoms with van der Waals surface area (Å²) in [5, 5.41) is 5.60. The number of thiazole rings is 1. The molecule has 2 aromatic heterocycles. The van der Waals surface area contributed by atoms with Crippen molar-refractivity contribution in [2.24, 2.45) is 0 Å². The SMILES string of the molecule is Fc1ccc(NCc2csc(-c3ccccn3)n2)c(F)c1. The summed E-state index contributed by atoms with van der Waals surface area (Å²) in [6.07, 6.45) is 1.71. The lowest BCUT2D eigenvalue weighted by atomic mass is 10.3. The molecule has 0 amide bonds. The van der Waals surface area contributed by atoms with Gasteiger partial charge in [0.15, 0.2) is 0 Å². The van der Waals surface area contributed by atoms with Crippen LogP contribution >= 0.6 is 11.3 Å². The van der Waals surface area contributed by atoms with Gasteiger partial charge in [-0.1, -0.05) is 6.07 Å². The summed E-state index contributed by atoms with van der Waals surface area (Å²) in [6, 6.07) is 9.06. The minimum Gasteiger partial charge on any atom is -0.377 e. The van der Waals surface area contributed by atoms with Gasteiger partial charge in [0.2, 0.25) is 0 Å². The Morgan fingerprint density at radius 2 is 2.05 bits per heavy atom. The summed E-state index contributed by atoms with van der Waals surface area (Å²) in [6.45, 7) is 0.367. The van der Waals surface area contributed by atoms with Crippen molar-refractivity contribution in [3.05, 3.63) is 65.3 Å². The summed E-state index contributed by atoms with van der Waals surface area (Å²) in [5.41, 5.74) is 1.84. The maximum absolute atomic E-state index is 13.5. The van der Waals surface area contributed by atoms with Crippen molar-refractivity contribution < 1.29 is 8.78 Å². The van der Waals surface area contributed by atoms with Crippen LogP contribution in [0, 0.1) is 11.6 Å². The second kappa shape index (κ2) is 5.97. The lowest BCUT2D eigenvalue weighted by Crippen LogP contribution is -2.02. The molecule has 0 atom stereocenters. The first-order chi connectivity index (χ1) is 10.2. The van der Waals surface area contributed by atoms with Crippen molar-refractivity contribution in [1.82, 2.24) is 9.97 Å². The van der Waals surface area contributed by atoms with Crippen molar-refractivity contribution in [2.45, 2.75) is 6.54 Å². The molecular formula is C15H11F2N3S. The zero-order valence-corrected chi connectivity index (χ0v) is 11.7. The third-order valence-electron chi connectivity index (χ3n) is 2.83. The Labute approximate surface area is 124 Å². The van der Waals surface area contributed by atoms with Crippen molar-refractivity contribution in [1.29, 1.82) is 0 Å². The van der Waals surface area contributed by atoms with Crippen LogP contribution in [0.5, 0.6) is 0 Å². The van der Waals surface area contributed by atoms with E-state index in [1.807, 2.05) is 23.6 Å². The fourth-order valence-corrected chi connectivity index (χ4v) is 2.61. The van der Waals surface area contributed by atoms with Crippen LogP contribution in [-0.4, -0.2) is 9.97 Å². The highest BCUT2D eigenvalue weighted by Gasteiger charge is 2.07. The van der Waals surface area contributed by atoms with E-state index in [9.17, 15) is 8.78 Å². The fraction of sp³-hybridized carbons (Fsp3) is 0.0667. The van der Waals surface area contributed by atoms with E-state index >= 15 is 0 Å². The molecule has 0 saturated heterocycles. The lowest BCUT2D eigenvalue weighted by Gasteiger charge is -2.05. The molecular weight excluding hydrogens is 292 g/mol. The van der Waals surface area contributed by atoms with Crippen molar-refractivity contribution >= 4 is 17.0 Å². The van der Waals surface area contributed by atoms with Gasteiger partial charge in [-0.25, -0.2) is 13.8 Å². The van der Waals surface area contributed by atoms with Crippen molar-refractivity contribution in [3.63, 3.8) is 0 Å². The first kappa shape index (κ1) is 13.6. The monoisotopic (exact) mass is 303 g/mol. The zero-order chi connectivity index (χ0) is 14.7. The number of benzene rings is 1. The number of anilines is 1. The predicted molar refractivity (Wildman–Crippen MR) is 79.0 cm³/mol. The molecule has 0 aliphatic heterocycles. The molecule has 21 heavy (non-hydrogen) atoms. The van der Waals surface area contributed by atoms with E-state index in [1.165, 1.54) is 23.5 Å². The third kappa shape index (κ3) is 3.22. The quantitative estimate of drug-likeness (QED) is 0.788. The highest BCUT2D eigenvalue weighted by atomic mass is 32.1. The first-order valence-corrected chi connectivity index (χ1v) is 7.15. The number of nitrogens with one attached hydrogen (secondary N) is 1. The number of nitrogens with zero attached hydrogens (tertiary/aromatic N) is 2. The van der Waals surface area contributed by atoms with Gasteiger partial charge in [-0.15, -0.1) is 11.3 Å². The van der Waals surface area contributed by atoms with Gasteiger partial charge >= 0.3 is 0 Å². The smallest absolute Gasteiger partial charge is 0.149 e. The van der Waals surface area contributed by atoms with Gasteiger partial charge < -0.3 is 5.32 Å². The second-order valence-corrected chi connectivity index (χ2v) is 5.19. The molecule has 3 rings (SSSR count). The Bertz CT molecular complexity index is 744. The fourth-order valence-electron chi connectivity index (χ4n) is 1.81. The average molecular weight is 303 g/mol. The molecule has 3 aromatic rings.